The number of benzene rings is 1. The number of hydrogen-bond donors (Lipinski definition) is 2. The van der Waals surface area contributed by atoms with Gasteiger partial charge in [-0.25, -0.2) is 4.79 Å². The summed E-state index contributed by atoms with van der Waals surface area (Å²) in [4.78, 5) is 26.3. The van der Waals surface area contributed by atoms with Crippen molar-refractivity contribution in [1.82, 2.24) is 15.5 Å². The zero-order valence-corrected chi connectivity index (χ0v) is 15.5. The van der Waals surface area contributed by atoms with E-state index in [4.69, 9.17) is 0 Å². The molecule has 1 aliphatic carbocycles. The molecule has 0 aromatic heterocycles. The van der Waals surface area contributed by atoms with Crippen molar-refractivity contribution in [3.05, 3.63) is 42.0 Å². The summed E-state index contributed by atoms with van der Waals surface area (Å²) in [6.07, 6.45) is 7.62. The van der Waals surface area contributed by atoms with Crippen molar-refractivity contribution in [3.8, 4) is 0 Å². The highest BCUT2D eigenvalue weighted by Crippen LogP contribution is 2.23. The second kappa shape index (κ2) is 8.99. The molecule has 5 heteroatoms. The third kappa shape index (κ3) is 5.18. The Morgan fingerprint density at radius 1 is 1.15 bits per heavy atom. The van der Waals surface area contributed by atoms with Crippen molar-refractivity contribution < 1.29 is 9.59 Å². The van der Waals surface area contributed by atoms with Gasteiger partial charge < -0.3 is 5.32 Å². The van der Waals surface area contributed by atoms with Crippen LogP contribution in [0.4, 0.5) is 4.79 Å². The standard InChI is InChI=1S/C21H29N3O2/c1-16-7-5-6-10-19(16)22-21(26)23-20(25)15-24-13-11-18(12-14-24)17-8-3-2-4-9-17/h2-4,8-9,11,16,19H,5-7,10,12-15H2,1H3,(H2,22,23,25,26). The number of amides is 3. The van der Waals surface area contributed by atoms with Crippen LogP contribution in [-0.4, -0.2) is 42.5 Å². The zero-order valence-electron chi connectivity index (χ0n) is 15.5. The molecule has 1 aromatic carbocycles. The molecule has 5 nitrogen and oxygen atoms in total. The topological polar surface area (TPSA) is 61.4 Å². The van der Waals surface area contributed by atoms with Crippen LogP contribution in [0.3, 0.4) is 0 Å². The fraction of sp³-hybridized carbons (Fsp3) is 0.524. The number of urea groups is 1. The van der Waals surface area contributed by atoms with Crippen LogP contribution in [0.1, 0.15) is 44.6 Å². The molecule has 26 heavy (non-hydrogen) atoms. The van der Waals surface area contributed by atoms with Gasteiger partial charge in [0.2, 0.25) is 5.91 Å². The van der Waals surface area contributed by atoms with Gasteiger partial charge in [0.1, 0.15) is 0 Å². The number of imide groups is 1. The van der Waals surface area contributed by atoms with Gasteiger partial charge in [0.15, 0.2) is 0 Å². The van der Waals surface area contributed by atoms with Gasteiger partial charge in [-0.15, -0.1) is 0 Å². The van der Waals surface area contributed by atoms with Crippen LogP contribution in [0.15, 0.2) is 36.4 Å². The number of nitrogens with zero attached hydrogens (tertiary/aromatic N) is 1. The summed E-state index contributed by atoms with van der Waals surface area (Å²) in [7, 11) is 0. The van der Waals surface area contributed by atoms with Crippen LogP contribution < -0.4 is 10.6 Å². The maximum atomic E-state index is 12.2. The average molecular weight is 355 g/mol. The molecule has 2 aliphatic rings. The molecule has 2 atom stereocenters. The van der Waals surface area contributed by atoms with Gasteiger partial charge >= 0.3 is 6.03 Å². The lowest BCUT2D eigenvalue weighted by molar-refractivity contribution is -0.121. The van der Waals surface area contributed by atoms with Gasteiger partial charge in [0.25, 0.3) is 0 Å². The molecule has 2 unspecified atom stereocenters. The van der Waals surface area contributed by atoms with Gasteiger partial charge in [-0.1, -0.05) is 56.2 Å². The summed E-state index contributed by atoms with van der Waals surface area (Å²) in [5.41, 5.74) is 2.57. The number of rotatable bonds is 4. The Kier molecular flexibility index (Phi) is 6.45. The van der Waals surface area contributed by atoms with E-state index in [0.717, 1.165) is 38.8 Å². The van der Waals surface area contributed by atoms with Crippen molar-refractivity contribution in [3.63, 3.8) is 0 Å². The molecule has 1 fully saturated rings. The van der Waals surface area contributed by atoms with E-state index in [0.29, 0.717) is 5.92 Å². The Hall–Kier alpha value is -2.14. The third-order valence-corrected chi connectivity index (χ3v) is 5.49. The van der Waals surface area contributed by atoms with Crippen molar-refractivity contribution in [2.45, 2.75) is 45.1 Å². The first kappa shape index (κ1) is 18.6. The first-order valence-corrected chi connectivity index (χ1v) is 9.69. The molecule has 0 saturated heterocycles. The Morgan fingerprint density at radius 2 is 1.92 bits per heavy atom. The lowest BCUT2D eigenvalue weighted by atomic mass is 9.86. The molecule has 2 N–H and O–H groups in total. The predicted octanol–water partition coefficient (Wildman–Crippen LogP) is 3.18. The summed E-state index contributed by atoms with van der Waals surface area (Å²) in [5.74, 6) is 0.246. The Balaban J connectivity index is 1.42. The molecular weight excluding hydrogens is 326 g/mol. The maximum Gasteiger partial charge on any atom is 0.321 e. The molecule has 0 spiro atoms. The molecule has 140 valence electrons. The molecule has 0 bridgehead atoms. The van der Waals surface area contributed by atoms with Crippen LogP contribution >= 0.6 is 0 Å². The lowest BCUT2D eigenvalue weighted by Crippen LogP contribution is -2.50. The molecule has 1 aromatic rings. The lowest BCUT2D eigenvalue weighted by Gasteiger charge is -2.29. The minimum Gasteiger partial charge on any atom is -0.335 e. The van der Waals surface area contributed by atoms with Crippen molar-refractivity contribution >= 4 is 17.5 Å². The molecule has 3 amide bonds. The number of carbonyl (C=O) groups is 2. The SMILES string of the molecule is CC1CCCCC1NC(=O)NC(=O)CN1CC=C(c2ccccc2)CC1. The fourth-order valence-electron chi connectivity index (χ4n) is 3.87. The summed E-state index contributed by atoms with van der Waals surface area (Å²) >= 11 is 0. The number of hydrogen-bond acceptors (Lipinski definition) is 3. The second-order valence-corrected chi connectivity index (χ2v) is 7.47. The van der Waals surface area contributed by atoms with Crippen molar-refractivity contribution in [1.29, 1.82) is 0 Å². The molecule has 1 aliphatic heterocycles. The molecule has 3 rings (SSSR count). The van der Waals surface area contributed by atoms with Crippen LogP contribution in [-0.2, 0) is 4.79 Å². The minimum atomic E-state index is -0.355. The van der Waals surface area contributed by atoms with Gasteiger partial charge in [-0.05, 0) is 36.3 Å². The van der Waals surface area contributed by atoms with E-state index in [1.807, 2.05) is 18.2 Å². The van der Waals surface area contributed by atoms with E-state index in [1.165, 1.54) is 17.6 Å². The van der Waals surface area contributed by atoms with Gasteiger partial charge in [0.05, 0.1) is 6.54 Å². The van der Waals surface area contributed by atoms with Gasteiger partial charge in [-0.3, -0.25) is 15.0 Å². The molecular formula is C21H29N3O2. The maximum absolute atomic E-state index is 12.2. The van der Waals surface area contributed by atoms with E-state index in [2.05, 4.69) is 40.7 Å². The summed E-state index contributed by atoms with van der Waals surface area (Å²) in [5, 5.41) is 5.45. The number of carbonyl (C=O) groups excluding carboxylic acids is 2. The molecule has 0 radical (unpaired) electrons. The van der Waals surface area contributed by atoms with Crippen LogP contribution in [0, 0.1) is 5.92 Å². The second-order valence-electron chi connectivity index (χ2n) is 7.47. The van der Waals surface area contributed by atoms with Crippen LogP contribution in [0.5, 0.6) is 0 Å². The van der Waals surface area contributed by atoms with E-state index in [-0.39, 0.29) is 24.5 Å². The third-order valence-electron chi connectivity index (χ3n) is 5.49. The van der Waals surface area contributed by atoms with Crippen molar-refractivity contribution in [2.75, 3.05) is 19.6 Å². The van der Waals surface area contributed by atoms with E-state index in [9.17, 15) is 9.59 Å². The molecule has 1 saturated carbocycles. The predicted molar refractivity (Wildman–Crippen MR) is 104 cm³/mol. The fourth-order valence-corrected chi connectivity index (χ4v) is 3.87. The molecule has 1 heterocycles. The Morgan fingerprint density at radius 3 is 2.62 bits per heavy atom. The summed E-state index contributed by atoms with van der Waals surface area (Å²) in [6.45, 7) is 3.98. The van der Waals surface area contributed by atoms with Crippen molar-refractivity contribution in [2.24, 2.45) is 5.92 Å². The number of nitrogens with one attached hydrogen (secondary N) is 2. The first-order chi connectivity index (χ1) is 12.6. The highest BCUT2D eigenvalue weighted by molar-refractivity contribution is 5.95. The monoisotopic (exact) mass is 355 g/mol. The zero-order chi connectivity index (χ0) is 18.4. The normalized spacial score (nSPS) is 23.8. The van der Waals surface area contributed by atoms with Gasteiger partial charge in [-0.2, -0.15) is 0 Å². The highest BCUT2D eigenvalue weighted by Gasteiger charge is 2.24. The smallest absolute Gasteiger partial charge is 0.321 e. The quantitative estimate of drug-likeness (QED) is 0.872. The summed E-state index contributed by atoms with van der Waals surface area (Å²) in [6, 6.07) is 10.2. The van der Waals surface area contributed by atoms with E-state index >= 15 is 0 Å². The minimum absolute atomic E-state index is 0.183. The average Bonchev–Trinajstić information content (AvgIpc) is 2.65. The first-order valence-electron chi connectivity index (χ1n) is 9.69. The Labute approximate surface area is 155 Å². The van der Waals surface area contributed by atoms with Gasteiger partial charge in [0, 0.05) is 19.1 Å². The van der Waals surface area contributed by atoms with E-state index < -0.39 is 0 Å². The van der Waals surface area contributed by atoms with Crippen LogP contribution in [0.25, 0.3) is 5.57 Å². The highest BCUT2D eigenvalue weighted by atomic mass is 16.2. The Bertz CT molecular complexity index is 656. The van der Waals surface area contributed by atoms with Crippen LogP contribution in [0.2, 0.25) is 0 Å². The largest absolute Gasteiger partial charge is 0.335 e. The van der Waals surface area contributed by atoms with E-state index in [1.54, 1.807) is 0 Å². The summed E-state index contributed by atoms with van der Waals surface area (Å²) < 4.78 is 0.